The average molecular weight is 188 g/mol. The van der Waals surface area contributed by atoms with Gasteiger partial charge in [-0.3, -0.25) is 0 Å². The van der Waals surface area contributed by atoms with Gasteiger partial charge in [-0.15, -0.1) is 0 Å². The van der Waals surface area contributed by atoms with E-state index in [9.17, 15) is 0 Å². The molecule has 2 atom stereocenters. The van der Waals surface area contributed by atoms with Crippen molar-refractivity contribution in [3.05, 3.63) is 12.2 Å². The Morgan fingerprint density at radius 3 is 3.44 bits per heavy atom. The third kappa shape index (κ3) is 1.07. The second-order valence-electron chi connectivity index (χ2n) is 2.59. The predicted molar refractivity (Wildman–Crippen MR) is 39.7 cm³/mol. The zero-order valence-electron chi connectivity index (χ0n) is 5.34. The van der Waals surface area contributed by atoms with Crippen LogP contribution in [0.25, 0.3) is 0 Å². The molecule has 1 saturated heterocycles. The molecule has 2 rings (SSSR count). The Bertz CT molecular complexity index is 133. The first-order valence-electron chi connectivity index (χ1n) is 3.48. The van der Waals surface area contributed by atoms with Crippen molar-refractivity contribution < 1.29 is 0 Å². The van der Waals surface area contributed by atoms with Gasteiger partial charge in [-0.05, 0) is 0 Å². The van der Waals surface area contributed by atoms with Crippen LogP contribution in [0.5, 0.6) is 0 Å². The molecule has 0 amide bonds. The Kier molecular flexibility index (Phi) is 1.62. The predicted octanol–water partition coefficient (Wildman–Crippen LogP) is 0.758. The van der Waals surface area contributed by atoms with Gasteiger partial charge in [0.1, 0.15) is 0 Å². The van der Waals surface area contributed by atoms with Crippen LogP contribution in [-0.4, -0.2) is 26.4 Å². The van der Waals surface area contributed by atoms with Crippen molar-refractivity contribution in [3.8, 4) is 0 Å². The Morgan fingerprint density at radius 2 is 2.56 bits per heavy atom. The average Bonchev–Trinajstić information content (AvgIpc) is 2.33. The molecule has 0 spiro atoms. The molecule has 1 nitrogen and oxygen atoms in total. The summed E-state index contributed by atoms with van der Waals surface area (Å²) in [7, 11) is 0. The fourth-order valence-electron chi connectivity index (χ4n) is 1.45. The zero-order chi connectivity index (χ0) is 6.10. The molecule has 2 aliphatic rings. The molecule has 0 radical (unpaired) electrons. The molecule has 0 aromatic rings. The molecular weight excluding hydrogens is 177 g/mol. The number of allylic oxidation sites excluding steroid dienone is 1. The van der Waals surface area contributed by atoms with Gasteiger partial charge in [-0.25, -0.2) is 0 Å². The quantitative estimate of drug-likeness (QED) is 0.437. The molecule has 1 fully saturated rings. The van der Waals surface area contributed by atoms with Crippen LogP contribution in [0.15, 0.2) is 12.2 Å². The summed E-state index contributed by atoms with van der Waals surface area (Å²) in [6.07, 6.45) is 7.43. The topological polar surface area (TPSA) is 12.0 Å². The summed E-state index contributed by atoms with van der Waals surface area (Å²) in [6.45, 7) is 0. The van der Waals surface area contributed by atoms with E-state index in [4.69, 9.17) is 0 Å². The number of rotatable bonds is 0. The third-order valence-corrected chi connectivity index (χ3v) is 4.51. The molecule has 1 aliphatic carbocycles. The molecule has 2 heteroatoms. The Balaban J connectivity index is 2.10. The van der Waals surface area contributed by atoms with Crippen LogP contribution in [0.4, 0.5) is 0 Å². The molecule has 0 saturated carbocycles. The maximum absolute atomic E-state index is 3.54. The van der Waals surface area contributed by atoms with Crippen molar-refractivity contribution in [1.29, 1.82) is 0 Å². The van der Waals surface area contributed by atoms with Gasteiger partial charge >= 0.3 is 61.6 Å². The SMILES string of the molecule is C1=CC2[Se]CNC2CC1. The van der Waals surface area contributed by atoms with Crippen molar-refractivity contribution in [3.63, 3.8) is 0 Å². The van der Waals surface area contributed by atoms with Gasteiger partial charge in [-0.2, -0.15) is 0 Å². The normalized spacial score (nSPS) is 40.9. The minimum absolute atomic E-state index is 0.856. The summed E-state index contributed by atoms with van der Waals surface area (Å²) in [5.41, 5.74) is 1.30. The molecular formula is C7H11NSe. The van der Waals surface area contributed by atoms with E-state index in [2.05, 4.69) is 17.5 Å². The summed E-state index contributed by atoms with van der Waals surface area (Å²) < 4.78 is 0. The van der Waals surface area contributed by atoms with Crippen LogP contribution in [0, 0.1) is 0 Å². The standard InChI is InChI=1S/C7H11NSe/c1-2-4-7-6(3-1)8-5-9-7/h2,4,6-8H,1,3,5H2. The van der Waals surface area contributed by atoms with Crippen molar-refractivity contribution in [2.45, 2.75) is 23.7 Å². The summed E-state index contributed by atoms with van der Waals surface area (Å²) >= 11 is 0.863. The molecule has 1 aliphatic heterocycles. The van der Waals surface area contributed by atoms with Crippen molar-refractivity contribution >= 4 is 15.0 Å². The fourth-order valence-corrected chi connectivity index (χ4v) is 3.94. The van der Waals surface area contributed by atoms with E-state index in [-0.39, 0.29) is 0 Å². The minimum atomic E-state index is 0.856. The van der Waals surface area contributed by atoms with Crippen molar-refractivity contribution in [2.75, 3.05) is 5.44 Å². The molecule has 0 aromatic carbocycles. The van der Waals surface area contributed by atoms with E-state index in [1.54, 1.807) is 0 Å². The van der Waals surface area contributed by atoms with Crippen LogP contribution in [0.2, 0.25) is 4.82 Å². The van der Waals surface area contributed by atoms with Crippen LogP contribution in [0.3, 0.4) is 0 Å². The van der Waals surface area contributed by atoms with E-state index < -0.39 is 0 Å². The third-order valence-electron chi connectivity index (χ3n) is 1.99. The van der Waals surface area contributed by atoms with Gasteiger partial charge in [0.05, 0.1) is 0 Å². The van der Waals surface area contributed by atoms with Crippen LogP contribution >= 0.6 is 0 Å². The fraction of sp³-hybridized carbons (Fsp3) is 0.714. The monoisotopic (exact) mass is 189 g/mol. The molecule has 0 aromatic heterocycles. The number of hydrogen-bond donors (Lipinski definition) is 1. The van der Waals surface area contributed by atoms with Gasteiger partial charge in [0, 0.05) is 0 Å². The van der Waals surface area contributed by atoms with Gasteiger partial charge in [0.25, 0.3) is 0 Å². The number of hydrogen-bond acceptors (Lipinski definition) is 1. The molecule has 0 bridgehead atoms. The van der Waals surface area contributed by atoms with Gasteiger partial charge < -0.3 is 0 Å². The number of nitrogens with one attached hydrogen (secondary N) is 1. The second-order valence-corrected chi connectivity index (χ2v) is 5.04. The van der Waals surface area contributed by atoms with E-state index in [1.807, 2.05) is 0 Å². The van der Waals surface area contributed by atoms with Gasteiger partial charge in [-0.1, -0.05) is 0 Å². The van der Waals surface area contributed by atoms with Crippen molar-refractivity contribution in [2.24, 2.45) is 0 Å². The molecule has 2 unspecified atom stereocenters. The maximum atomic E-state index is 3.54. The molecule has 9 heavy (non-hydrogen) atoms. The summed E-state index contributed by atoms with van der Waals surface area (Å²) in [6, 6.07) is 0.856. The zero-order valence-corrected chi connectivity index (χ0v) is 7.05. The first-order chi connectivity index (χ1) is 4.47. The Labute approximate surface area is 62.1 Å². The Hall–Kier alpha value is 0.219. The summed E-state index contributed by atoms with van der Waals surface area (Å²) in [5.74, 6) is 0. The molecule has 1 N–H and O–H groups in total. The first kappa shape index (κ1) is 5.96. The van der Waals surface area contributed by atoms with Crippen LogP contribution in [-0.2, 0) is 0 Å². The van der Waals surface area contributed by atoms with Gasteiger partial charge in [0.15, 0.2) is 0 Å². The summed E-state index contributed by atoms with van der Waals surface area (Å²) in [5, 5.41) is 3.54. The van der Waals surface area contributed by atoms with E-state index in [0.717, 1.165) is 25.8 Å². The second kappa shape index (κ2) is 2.45. The van der Waals surface area contributed by atoms with Crippen molar-refractivity contribution in [1.82, 2.24) is 5.32 Å². The van der Waals surface area contributed by atoms with Gasteiger partial charge in [0.2, 0.25) is 0 Å². The van der Waals surface area contributed by atoms with Crippen LogP contribution < -0.4 is 5.32 Å². The molecule has 50 valence electrons. The molecule has 1 heterocycles. The summed E-state index contributed by atoms with van der Waals surface area (Å²) in [4.78, 5) is 0.936. The van der Waals surface area contributed by atoms with E-state index >= 15 is 0 Å². The van der Waals surface area contributed by atoms with E-state index in [0.29, 0.717) is 0 Å². The van der Waals surface area contributed by atoms with E-state index in [1.165, 1.54) is 18.3 Å². The van der Waals surface area contributed by atoms with Crippen LogP contribution in [0.1, 0.15) is 12.8 Å². The Morgan fingerprint density at radius 1 is 1.56 bits per heavy atom. The number of fused-ring (bicyclic) bond motifs is 1. The first-order valence-corrected chi connectivity index (χ1v) is 5.68.